The summed E-state index contributed by atoms with van der Waals surface area (Å²) < 4.78 is 22.3. The first-order valence-electron chi connectivity index (χ1n) is 36.0. The van der Waals surface area contributed by atoms with E-state index >= 15 is 0 Å². The second-order valence-corrected chi connectivity index (χ2v) is 29.1. The summed E-state index contributed by atoms with van der Waals surface area (Å²) in [5.41, 5.74) is 14.0. The van der Waals surface area contributed by atoms with E-state index in [0.29, 0.717) is 50.4 Å². The van der Waals surface area contributed by atoms with E-state index in [2.05, 4.69) is 77.8 Å². The maximum atomic E-state index is 14.8. The highest BCUT2D eigenvalue weighted by Gasteiger charge is 2.58. The summed E-state index contributed by atoms with van der Waals surface area (Å²) in [6, 6.07) is 24.2. The molecule has 0 unspecified atom stereocenters. The van der Waals surface area contributed by atoms with Crippen molar-refractivity contribution in [2.75, 3.05) is 75.4 Å². The van der Waals surface area contributed by atoms with Crippen molar-refractivity contribution in [2.24, 2.45) is 28.6 Å². The third-order valence-corrected chi connectivity index (χ3v) is 21.8. The van der Waals surface area contributed by atoms with Crippen LogP contribution in [0.5, 0.6) is 0 Å². The summed E-state index contributed by atoms with van der Waals surface area (Å²) in [5.74, 6) is -5.04. The average molecular weight is 1380 g/mol. The van der Waals surface area contributed by atoms with Crippen LogP contribution in [0.15, 0.2) is 84.9 Å². The summed E-state index contributed by atoms with van der Waals surface area (Å²) in [4.78, 5) is 124. The second-order valence-electron chi connectivity index (χ2n) is 29.1. The molecule has 2 fully saturated rings. The molecule has 0 radical (unpaired) electrons. The van der Waals surface area contributed by atoms with Gasteiger partial charge >= 0.3 is 5.97 Å². The van der Waals surface area contributed by atoms with Gasteiger partial charge in [0.15, 0.2) is 0 Å². The van der Waals surface area contributed by atoms with E-state index in [1.54, 1.807) is 18.7 Å². The Morgan fingerprint density at radius 3 is 1.75 bits per heavy atom. The highest BCUT2D eigenvalue weighted by Crippen LogP contribution is 2.60. The Morgan fingerprint density at radius 2 is 1.16 bits per heavy atom. The molecule has 0 aliphatic heterocycles. The van der Waals surface area contributed by atoms with Crippen molar-refractivity contribution in [1.82, 2.24) is 26.6 Å². The Bertz CT molecular complexity index is 3560. The lowest BCUT2D eigenvalue weighted by Gasteiger charge is -2.56. The number of imide groups is 1. The predicted octanol–water partition coefficient (Wildman–Crippen LogP) is 9.02. The van der Waals surface area contributed by atoms with Crippen LogP contribution in [-0.2, 0) is 98.7 Å². The molecule has 4 aliphatic carbocycles. The number of nitrogens with two attached hydrogens (primary N) is 1. The van der Waals surface area contributed by atoms with Crippen LogP contribution in [0.2, 0.25) is 0 Å². The number of hydrogen-bond donors (Lipinski definition) is 8. The maximum Gasteiger partial charge on any atom is 0.303 e. The van der Waals surface area contributed by atoms with Gasteiger partial charge in [0.1, 0.15) is 18.1 Å². The number of rotatable bonds is 35. The van der Waals surface area contributed by atoms with Crippen molar-refractivity contribution in [3.63, 3.8) is 0 Å². The number of fused-ring (bicyclic) bond motifs is 6. The predicted molar refractivity (Wildman–Crippen MR) is 383 cm³/mol. The zero-order valence-corrected chi connectivity index (χ0v) is 60.2. The Labute approximate surface area is 589 Å². The number of benzene rings is 4. The fraction of sp³-hybridized carbons (Fsp3) is 0.577. The molecule has 4 aliphatic rings. The molecule has 0 heterocycles. The van der Waals surface area contributed by atoms with Crippen molar-refractivity contribution in [2.45, 2.75) is 201 Å². The fourth-order valence-corrected chi connectivity index (χ4v) is 16.2. The number of carbonyl (C=O) groups is 9. The summed E-state index contributed by atoms with van der Waals surface area (Å²) in [7, 11) is 0. The molecule has 9 atom stereocenters. The standard InChI is InChI=1S/C78H108N8O14/c1-10-53-18-12-13-19-56(53)49-86(62-20-14-11-17-51(62)4)67(89)31-30-65(87)80-38-40-98-42-44-100-46-45-99-43-41-97-39-33-66(88)83-61(27-32-68(90)91)71(93)84-69(50(2)3)72(94)81-52(5)70(92)82-58-26-22-55-24-29-64-76(7,60(55)48-58)35-16-37-78(64,9)74(96)85-73(95)77(8)36-15-34-75(6)59-47-57(79)25-21-54(59)23-28-63(75)77/h11-14,17-22,25-26,47-48,50,52,61,63-64,69H,10,15-16,23-24,27-46,49,79H2,1-9H3,(H,80,87)(H,81,94)(H,82,92)(H,83,88)(H,84,93)(H,90,91)(H,85,95,96)/t52-,61+,63+,64+,69-,75+,76+,77-,78-/m0/s1. The molecule has 0 aromatic heterocycles. The molecule has 100 heavy (non-hydrogen) atoms. The van der Waals surface area contributed by atoms with Crippen LogP contribution in [0.1, 0.15) is 178 Å². The fourth-order valence-electron chi connectivity index (χ4n) is 16.2. The van der Waals surface area contributed by atoms with E-state index in [1.807, 2.05) is 80.6 Å². The zero-order chi connectivity index (χ0) is 72.4. The number of hydrogen-bond acceptors (Lipinski definition) is 14. The third kappa shape index (κ3) is 19.3. The molecule has 4 aromatic rings. The van der Waals surface area contributed by atoms with Crippen molar-refractivity contribution in [1.29, 1.82) is 0 Å². The molecule has 8 amide bonds. The van der Waals surface area contributed by atoms with E-state index < -0.39 is 76.3 Å². The molecule has 8 rings (SSSR count). The first-order valence-corrected chi connectivity index (χ1v) is 36.0. The van der Waals surface area contributed by atoms with Gasteiger partial charge in [-0.05, 0) is 176 Å². The van der Waals surface area contributed by atoms with Gasteiger partial charge in [-0.25, -0.2) is 0 Å². The van der Waals surface area contributed by atoms with Gasteiger partial charge in [-0.3, -0.25) is 48.5 Å². The Balaban J connectivity index is 0.712. The largest absolute Gasteiger partial charge is 0.481 e. The van der Waals surface area contributed by atoms with E-state index in [9.17, 15) is 48.3 Å². The van der Waals surface area contributed by atoms with Crippen molar-refractivity contribution >= 4 is 70.3 Å². The van der Waals surface area contributed by atoms with E-state index in [4.69, 9.17) is 24.7 Å². The minimum Gasteiger partial charge on any atom is -0.481 e. The van der Waals surface area contributed by atoms with E-state index in [1.165, 1.54) is 23.6 Å². The van der Waals surface area contributed by atoms with E-state index in [-0.39, 0.29) is 113 Å². The lowest BCUT2D eigenvalue weighted by Crippen LogP contribution is -2.60. The monoisotopic (exact) mass is 1380 g/mol. The van der Waals surface area contributed by atoms with Crippen LogP contribution in [0.3, 0.4) is 0 Å². The highest BCUT2D eigenvalue weighted by atomic mass is 16.6. The number of carboxylic acids is 1. The van der Waals surface area contributed by atoms with Crippen molar-refractivity contribution in [3.05, 3.63) is 124 Å². The molecule has 22 nitrogen and oxygen atoms in total. The molecular formula is C78H108N8O14. The first kappa shape index (κ1) is 77.7. The number of aliphatic carboxylic acids is 1. The van der Waals surface area contributed by atoms with Gasteiger partial charge in [0.2, 0.25) is 47.3 Å². The van der Waals surface area contributed by atoms with Gasteiger partial charge in [0, 0.05) is 49.3 Å². The third-order valence-electron chi connectivity index (χ3n) is 21.8. The number of carboxylic acid groups (broad SMARTS) is 1. The van der Waals surface area contributed by atoms with Crippen LogP contribution >= 0.6 is 0 Å². The number of para-hydroxylation sites is 1. The lowest BCUT2D eigenvalue weighted by molar-refractivity contribution is -0.150. The Hall–Kier alpha value is -8.05. The summed E-state index contributed by atoms with van der Waals surface area (Å²) in [5, 5.41) is 26.3. The molecule has 9 N–H and O–H groups in total. The maximum absolute atomic E-state index is 14.8. The molecule has 22 heteroatoms. The first-order chi connectivity index (χ1) is 47.7. The quantitative estimate of drug-likeness (QED) is 0.0121. The van der Waals surface area contributed by atoms with Crippen LogP contribution in [0.4, 0.5) is 17.1 Å². The summed E-state index contributed by atoms with van der Waals surface area (Å²) in [6.07, 6.45) is 8.02. The topological polar surface area (TPSA) is 312 Å². The normalized spacial score (nSPS) is 22.2. The smallest absolute Gasteiger partial charge is 0.303 e. The molecule has 0 saturated heterocycles. The van der Waals surface area contributed by atoms with Crippen LogP contribution in [-0.4, -0.2) is 136 Å². The second kappa shape index (κ2) is 35.5. The summed E-state index contributed by atoms with van der Waals surface area (Å²) in [6.45, 7) is 20.0. The zero-order valence-electron chi connectivity index (χ0n) is 60.2. The molecule has 544 valence electrons. The van der Waals surface area contributed by atoms with Crippen molar-refractivity contribution in [3.8, 4) is 0 Å². The lowest BCUT2D eigenvalue weighted by atomic mass is 9.49. The molecular weight excluding hydrogens is 1270 g/mol. The number of nitrogen functional groups attached to an aromatic ring is 1. The van der Waals surface area contributed by atoms with Crippen LogP contribution in [0, 0.1) is 35.5 Å². The Morgan fingerprint density at radius 1 is 0.600 bits per heavy atom. The number of anilines is 3. The number of carbonyl (C=O) groups excluding carboxylic acids is 8. The number of nitrogens with one attached hydrogen (secondary N) is 6. The number of aryl methyl sites for hydroxylation is 4. The summed E-state index contributed by atoms with van der Waals surface area (Å²) >= 11 is 0. The molecule has 2 saturated carbocycles. The average Bonchev–Trinajstić information content (AvgIpc) is 0.722. The Kier molecular flexibility index (Phi) is 27.6. The van der Waals surface area contributed by atoms with Gasteiger partial charge in [-0.15, -0.1) is 0 Å². The minimum absolute atomic E-state index is 0.0203. The minimum atomic E-state index is -1.30. The van der Waals surface area contributed by atoms with Crippen LogP contribution in [0.25, 0.3) is 0 Å². The number of ether oxygens (including phenoxy) is 4. The molecule has 4 aromatic carbocycles. The number of nitrogens with zero attached hydrogens (tertiary/aromatic N) is 1. The van der Waals surface area contributed by atoms with Crippen LogP contribution < -0.4 is 42.5 Å². The number of amides is 8. The van der Waals surface area contributed by atoms with Gasteiger partial charge in [-0.1, -0.05) is 116 Å². The van der Waals surface area contributed by atoms with Gasteiger partial charge in [0.25, 0.3) is 0 Å². The van der Waals surface area contributed by atoms with Gasteiger partial charge < -0.3 is 61.3 Å². The van der Waals surface area contributed by atoms with Gasteiger partial charge in [-0.2, -0.15) is 0 Å². The molecule has 0 spiro atoms. The molecule has 0 bridgehead atoms. The van der Waals surface area contributed by atoms with Crippen molar-refractivity contribution < 1.29 is 67.2 Å². The highest BCUT2D eigenvalue weighted by molar-refractivity contribution is 6.02. The van der Waals surface area contributed by atoms with Gasteiger partial charge in [0.05, 0.1) is 70.2 Å². The SMILES string of the molecule is CCc1ccccc1CN(C(=O)CCC(=O)NCCOCCOCCOCCOCCC(=O)N[C@H](CCC(=O)O)C(=O)N[C@H](C(=O)N[C@@H](C)C(=O)Nc1ccc2c(c1)[C@@]1(C)CCC[C@](C)(C(=O)NC(=O)[C@@]3(C)CCC[C@]4(C)c5cc(N)ccc5CC[C@@H]34)[C@@H]1CC2)C(C)C)c1ccccc1C. The van der Waals surface area contributed by atoms with E-state index in [0.717, 1.165) is 79.3 Å².